The first-order valence-electron chi connectivity index (χ1n) is 7.51. The summed E-state index contributed by atoms with van der Waals surface area (Å²) in [6, 6.07) is 4.77. The van der Waals surface area contributed by atoms with Crippen molar-refractivity contribution in [3.05, 3.63) is 35.4 Å². The number of rotatable bonds is 3. The molecule has 0 spiro atoms. The number of benzene rings is 1. The third-order valence-electron chi connectivity index (χ3n) is 5.80. The molecule has 0 aliphatic heterocycles. The van der Waals surface area contributed by atoms with Crippen LogP contribution in [0, 0.1) is 28.4 Å². The van der Waals surface area contributed by atoms with Crippen molar-refractivity contribution in [2.45, 2.75) is 52.6 Å². The van der Waals surface area contributed by atoms with Gasteiger partial charge in [-0.25, -0.2) is 8.78 Å². The third kappa shape index (κ3) is 1.98. The second-order valence-corrected chi connectivity index (χ2v) is 7.44. The van der Waals surface area contributed by atoms with E-state index in [1.807, 2.05) is 0 Å². The molecule has 0 heterocycles. The third-order valence-corrected chi connectivity index (χ3v) is 5.80. The lowest BCUT2D eigenvalue weighted by molar-refractivity contribution is 0.107. The van der Waals surface area contributed by atoms with E-state index < -0.39 is 11.6 Å². The second kappa shape index (κ2) is 4.52. The van der Waals surface area contributed by atoms with E-state index in [0.717, 1.165) is 5.92 Å². The van der Waals surface area contributed by atoms with Crippen LogP contribution in [0.2, 0.25) is 0 Å². The van der Waals surface area contributed by atoms with Crippen LogP contribution in [0.3, 0.4) is 0 Å². The quantitative estimate of drug-likeness (QED) is 0.871. The maximum atomic E-state index is 13.7. The first-order chi connectivity index (χ1) is 9.34. The molecule has 110 valence electrons. The summed E-state index contributed by atoms with van der Waals surface area (Å²) in [6.07, 6.45) is 3.80. The molecular weight excluding hydrogens is 256 g/mol. The summed E-state index contributed by atoms with van der Waals surface area (Å²) >= 11 is 0. The fourth-order valence-corrected chi connectivity index (χ4v) is 4.71. The molecule has 2 aliphatic rings. The van der Waals surface area contributed by atoms with Crippen molar-refractivity contribution in [2.24, 2.45) is 16.7 Å². The van der Waals surface area contributed by atoms with Crippen LogP contribution in [0.5, 0.6) is 0 Å². The van der Waals surface area contributed by atoms with Gasteiger partial charge in [0.1, 0.15) is 0 Å². The van der Waals surface area contributed by atoms with Gasteiger partial charge in [-0.3, -0.25) is 0 Å². The largest absolute Gasteiger partial charge is 0.309 e. The van der Waals surface area contributed by atoms with Crippen molar-refractivity contribution in [2.75, 3.05) is 0 Å². The van der Waals surface area contributed by atoms with E-state index in [-0.39, 0.29) is 5.41 Å². The van der Waals surface area contributed by atoms with Crippen LogP contribution in [0.15, 0.2) is 18.2 Å². The Kier molecular flexibility index (Phi) is 3.16. The Hall–Kier alpha value is -0.960. The Labute approximate surface area is 119 Å². The van der Waals surface area contributed by atoms with Gasteiger partial charge in [0.25, 0.3) is 0 Å². The zero-order valence-corrected chi connectivity index (χ0v) is 12.5. The topological polar surface area (TPSA) is 12.0 Å². The summed E-state index contributed by atoms with van der Waals surface area (Å²) in [5.41, 5.74) is 0.960. The molecule has 2 saturated carbocycles. The first kappa shape index (κ1) is 14.0. The highest BCUT2D eigenvalue weighted by molar-refractivity contribution is 5.20. The lowest BCUT2D eigenvalue weighted by atomic mass is 9.68. The molecule has 20 heavy (non-hydrogen) atoms. The normalized spacial score (nSPS) is 34.6. The fraction of sp³-hybridized carbons (Fsp3) is 0.647. The lowest BCUT2D eigenvalue weighted by Crippen LogP contribution is -2.50. The number of hydrogen-bond donors (Lipinski definition) is 1. The SMILES string of the molecule is CC12CCC(C1)C(C)(C)C2NCc1cccc(F)c1F. The Balaban J connectivity index is 1.77. The molecule has 1 aromatic rings. The number of fused-ring (bicyclic) bond motifs is 2. The Bertz CT molecular complexity index is 521. The van der Waals surface area contributed by atoms with E-state index in [9.17, 15) is 8.78 Å². The highest BCUT2D eigenvalue weighted by atomic mass is 19.2. The minimum Gasteiger partial charge on any atom is -0.309 e. The van der Waals surface area contributed by atoms with E-state index in [2.05, 4.69) is 26.1 Å². The Morgan fingerprint density at radius 3 is 2.65 bits per heavy atom. The van der Waals surface area contributed by atoms with Crippen molar-refractivity contribution < 1.29 is 8.78 Å². The van der Waals surface area contributed by atoms with Crippen molar-refractivity contribution in [3.63, 3.8) is 0 Å². The molecule has 0 amide bonds. The van der Waals surface area contributed by atoms with Crippen LogP contribution in [0.1, 0.15) is 45.6 Å². The van der Waals surface area contributed by atoms with E-state index in [1.165, 1.54) is 25.3 Å². The van der Waals surface area contributed by atoms with Crippen LogP contribution >= 0.6 is 0 Å². The minimum absolute atomic E-state index is 0.233. The van der Waals surface area contributed by atoms with Gasteiger partial charge in [0.05, 0.1) is 0 Å². The molecule has 2 fully saturated rings. The van der Waals surface area contributed by atoms with Crippen LogP contribution in [0.25, 0.3) is 0 Å². The summed E-state index contributed by atoms with van der Waals surface area (Å²) in [5, 5.41) is 3.52. The summed E-state index contributed by atoms with van der Waals surface area (Å²) in [5.74, 6) is -0.726. The molecule has 2 bridgehead atoms. The van der Waals surface area contributed by atoms with Crippen LogP contribution < -0.4 is 5.32 Å². The van der Waals surface area contributed by atoms with E-state index in [4.69, 9.17) is 0 Å². The van der Waals surface area contributed by atoms with Crippen LogP contribution in [-0.2, 0) is 6.54 Å². The van der Waals surface area contributed by atoms with Gasteiger partial charge in [-0.05, 0) is 42.1 Å². The molecular formula is C17H23F2N. The molecule has 3 unspecified atom stereocenters. The molecule has 3 rings (SSSR count). The first-order valence-corrected chi connectivity index (χ1v) is 7.51. The van der Waals surface area contributed by atoms with Gasteiger partial charge in [0.2, 0.25) is 0 Å². The van der Waals surface area contributed by atoms with Crippen molar-refractivity contribution in [1.29, 1.82) is 0 Å². The average molecular weight is 279 g/mol. The number of halogens is 2. The van der Waals surface area contributed by atoms with Gasteiger partial charge in [-0.2, -0.15) is 0 Å². The van der Waals surface area contributed by atoms with E-state index >= 15 is 0 Å². The van der Waals surface area contributed by atoms with E-state index in [0.29, 0.717) is 23.6 Å². The van der Waals surface area contributed by atoms with Crippen LogP contribution in [0.4, 0.5) is 8.78 Å². The zero-order chi connectivity index (χ0) is 14.5. The van der Waals surface area contributed by atoms with Crippen molar-refractivity contribution in [3.8, 4) is 0 Å². The monoisotopic (exact) mass is 279 g/mol. The average Bonchev–Trinajstić information content (AvgIpc) is 2.85. The fourth-order valence-electron chi connectivity index (χ4n) is 4.71. The smallest absolute Gasteiger partial charge is 0.163 e. The molecule has 1 nitrogen and oxygen atoms in total. The molecule has 2 aliphatic carbocycles. The van der Waals surface area contributed by atoms with Crippen molar-refractivity contribution in [1.82, 2.24) is 5.32 Å². The standard InChI is InChI=1S/C17H23F2N/c1-16(2)12-7-8-17(3,9-12)15(16)20-10-11-5-4-6-13(18)14(11)19/h4-6,12,15,20H,7-10H2,1-3H3. The minimum atomic E-state index is -0.761. The van der Waals surface area contributed by atoms with Gasteiger partial charge in [-0.1, -0.05) is 32.9 Å². The van der Waals surface area contributed by atoms with Crippen molar-refractivity contribution >= 4 is 0 Å². The predicted octanol–water partition coefficient (Wildman–Crippen LogP) is 4.27. The van der Waals surface area contributed by atoms with Crippen LogP contribution in [-0.4, -0.2) is 6.04 Å². The predicted molar refractivity (Wildman–Crippen MR) is 76.2 cm³/mol. The molecule has 3 heteroatoms. The molecule has 0 radical (unpaired) electrons. The summed E-state index contributed by atoms with van der Waals surface area (Å²) in [7, 11) is 0. The molecule has 1 N–H and O–H groups in total. The summed E-state index contributed by atoms with van der Waals surface area (Å²) < 4.78 is 27.0. The van der Waals surface area contributed by atoms with Gasteiger partial charge in [0.15, 0.2) is 11.6 Å². The summed E-state index contributed by atoms with van der Waals surface area (Å²) in [6.45, 7) is 7.35. The number of hydrogen-bond acceptors (Lipinski definition) is 1. The Morgan fingerprint density at radius 2 is 2.00 bits per heavy atom. The van der Waals surface area contributed by atoms with Gasteiger partial charge < -0.3 is 5.32 Å². The maximum Gasteiger partial charge on any atom is 0.163 e. The highest BCUT2D eigenvalue weighted by Gasteiger charge is 2.58. The summed E-state index contributed by atoms with van der Waals surface area (Å²) in [4.78, 5) is 0. The second-order valence-electron chi connectivity index (χ2n) is 7.44. The van der Waals surface area contributed by atoms with E-state index in [1.54, 1.807) is 12.1 Å². The van der Waals surface area contributed by atoms with Gasteiger partial charge >= 0.3 is 0 Å². The van der Waals surface area contributed by atoms with Gasteiger partial charge in [0, 0.05) is 18.2 Å². The molecule has 0 aromatic heterocycles. The zero-order valence-electron chi connectivity index (χ0n) is 12.5. The number of nitrogens with one attached hydrogen (secondary N) is 1. The maximum absolute atomic E-state index is 13.7. The molecule has 3 atom stereocenters. The van der Waals surface area contributed by atoms with Gasteiger partial charge in [-0.15, -0.1) is 0 Å². The molecule has 1 aromatic carbocycles. The highest BCUT2D eigenvalue weighted by Crippen LogP contribution is 2.62. The molecule has 0 saturated heterocycles. The Morgan fingerprint density at radius 1 is 1.25 bits per heavy atom. The lowest BCUT2D eigenvalue weighted by Gasteiger charge is -2.43.